The molecule has 1 aliphatic rings. The normalized spacial score (nSPS) is 19.8. The van der Waals surface area contributed by atoms with Gasteiger partial charge in [-0.15, -0.1) is 0 Å². The second-order valence-corrected chi connectivity index (χ2v) is 7.98. The number of H-pyrrole nitrogens is 1. The molecule has 1 aromatic carbocycles. The Hall–Kier alpha value is -4.39. The highest BCUT2D eigenvalue weighted by atomic mass is 15.3. The van der Waals surface area contributed by atoms with Crippen LogP contribution in [0.25, 0.3) is 0 Å². The van der Waals surface area contributed by atoms with E-state index < -0.39 is 5.54 Å². The number of hydrogen-bond acceptors (Lipinski definition) is 6. The van der Waals surface area contributed by atoms with Crippen LogP contribution in [0.5, 0.6) is 0 Å². The lowest BCUT2D eigenvalue weighted by Crippen LogP contribution is -2.54. The number of aromatic nitrogens is 6. The Labute approximate surface area is 191 Å². The van der Waals surface area contributed by atoms with E-state index in [1.54, 1.807) is 18.6 Å². The maximum Gasteiger partial charge on any atom is 0.161 e. The molecule has 4 aromatic heterocycles. The van der Waals surface area contributed by atoms with Crippen molar-refractivity contribution in [1.82, 2.24) is 30.1 Å². The van der Waals surface area contributed by atoms with E-state index in [-0.39, 0.29) is 5.92 Å². The second-order valence-electron chi connectivity index (χ2n) is 7.98. The van der Waals surface area contributed by atoms with Gasteiger partial charge in [-0.05, 0) is 60.5 Å². The van der Waals surface area contributed by atoms with Crippen LogP contribution in [-0.2, 0) is 12.0 Å². The SMILES string of the molecule is c1ccc(C2(c3ncccn3)C(c3cccnn3)Cc3ccccc3N2c2ccc[nH]2)nc1. The molecule has 5 heterocycles. The lowest BCUT2D eigenvalue weighted by molar-refractivity contribution is 0.355. The average molecular weight is 432 g/mol. The molecule has 7 nitrogen and oxygen atoms in total. The monoisotopic (exact) mass is 431 g/mol. The van der Waals surface area contributed by atoms with E-state index in [4.69, 9.17) is 15.0 Å². The number of rotatable bonds is 4. The van der Waals surface area contributed by atoms with Crippen molar-refractivity contribution in [2.24, 2.45) is 0 Å². The summed E-state index contributed by atoms with van der Waals surface area (Å²) >= 11 is 0. The van der Waals surface area contributed by atoms with E-state index >= 15 is 0 Å². The summed E-state index contributed by atoms with van der Waals surface area (Å²) in [6.45, 7) is 0. The summed E-state index contributed by atoms with van der Waals surface area (Å²) in [6.07, 6.45) is 9.76. The summed E-state index contributed by atoms with van der Waals surface area (Å²) in [5.41, 5.74) is 3.14. The molecule has 1 N–H and O–H groups in total. The van der Waals surface area contributed by atoms with E-state index in [2.05, 4.69) is 50.4 Å². The van der Waals surface area contributed by atoms with Crippen molar-refractivity contribution < 1.29 is 0 Å². The van der Waals surface area contributed by atoms with E-state index in [1.807, 2.05) is 54.9 Å². The Morgan fingerprint density at radius 1 is 0.788 bits per heavy atom. The Balaban J connectivity index is 1.77. The summed E-state index contributed by atoms with van der Waals surface area (Å²) in [6, 6.07) is 24.3. The van der Waals surface area contributed by atoms with Crippen molar-refractivity contribution in [3.05, 3.63) is 127 Å². The molecule has 33 heavy (non-hydrogen) atoms. The maximum absolute atomic E-state index is 4.88. The molecule has 160 valence electrons. The first kappa shape index (κ1) is 19.3. The van der Waals surface area contributed by atoms with Crippen molar-refractivity contribution in [3.8, 4) is 0 Å². The topological polar surface area (TPSA) is 83.5 Å². The van der Waals surface area contributed by atoms with Gasteiger partial charge in [0.15, 0.2) is 11.4 Å². The van der Waals surface area contributed by atoms with Crippen molar-refractivity contribution in [2.45, 2.75) is 17.9 Å². The molecule has 0 spiro atoms. The van der Waals surface area contributed by atoms with Gasteiger partial charge in [0.05, 0.1) is 11.4 Å². The molecule has 6 rings (SSSR count). The Kier molecular flexibility index (Phi) is 4.65. The number of fused-ring (bicyclic) bond motifs is 1. The minimum absolute atomic E-state index is 0.151. The number of benzene rings is 1. The van der Waals surface area contributed by atoms with Crippen LogP contribution in [0.4, 0.5) is 11.5 Å². The first-order valence-electron chi connectivity index (χ1n) is 10.9. The third-order valence-electron chi connectivity index (χ3n) is 6.25. The van der Waals surface area contributed by atoms with Gasteiger partial charge in [0, 0.05) is 42.6 Å². The molecule has 0 bridgehead atoms. The molecule has 0 saturated heterocycles. The molecular formula is C26H21N7. The van der Waals surface area contributed by atoms with Crippen LogP contribution in [-0.4, -0.2) is 30.1 Å². The van der Waals surface area contributed by atoms with E-state index in [1.165, 1.54) is 5.56 Å². The predicted octanol–water partition coefficient (Wildman–Crippen LogP) is 4.41. The minimum Gasteiger partial charge on any atom is -0.348 e. The van der Waals surface area contributed by atoms with Crippen LogP contribution in [0.1, 0.15) is 28.7 Å². The van der Waals surface area contributed by atoms with Gasteiger partial charge in [0.25, 0.3) is 0 Å². The second kappa shape index (κ2) is 7.94. The van der Waals surface area contributed by atoms with Crippen LogP contribution in [0.15, 0.2) is 104 Å². The van der Waals surface area contributed by atoms with Gasteiger partial charge < -0.3 is 9.88 Å². The lowest BCUT2D eigenvalue weighted by Gasteiger charge is -2.51. The fourth-order valence-electron chi connectivity index (χ4n) is 4.96. The van der Waals surface area contributed by atoms with E-state index in [0.29, 0.717) is 5.82 Å². The van der Waals surface area contributed by atoms with Crippen LogP contribution in [0, 0.1) is 0 Å². The molecule has 5 aromatic rings. The molecule has 0 amide bonds. The summed E-state index contributed by atoms with van der Waals surface area (Å²) in [5, 5.41) is 8.79. The predicted molar refractivity (Wildman–Crippen MR) is 125 cm³/mol. The molecule has 7 heteroatoms. The number of nitrogens with one attached hydrogen (secondary N) is 1. The Bertz CT molecular complexity index is 1300. The largest absolute Gasteiger partial charge is 0.348 e. The van der Waals surface area contributed by atoms with Crippen LogP contribution in [0.3, 0.4) is 0 Å². The number of pyridine rings is 1. The van der Waals surface area contributed by atoms with Gasteiger partial charge in [-0.2, -0.15) is 10.2 Å². The van der Waals surface area contributed by atoms with Gasteiger partial charge in [0.1, 0.15) is 5.82 Å². The summed E-state index contributed by atoms with van der Waals surface area (Å²) < 4.78 is 0. The number of para-hydroxylation sites is 1. The highest BCUT2D eigenvalue weighted by molar-refractivity contribution is 5.72. The molecule has 0 saturated carbocycles. The Morgan fingerprint density at radius 2 is 1.64 bits per heavy atom. The highest BCUT2D eigenvalue weighted by Gasteiger charge is 2.56. The van der Waals surface area contributed by atoms with Gasteiger partial charge >= 0.3 is 0 Å². The van der Waals surface area contributed by atoms with Gasteiger partial charge in [-0.25, -0.2) is 9.97 Å². The molecule has 0 radical (unpaired) electrons. The standard InChI is InChI=1S/C26H21N7/c1-2-10-22-19(8-1)18-20(21-9-5-17-31-32-21)26(23-11-3-4-13-27-23,25-29-15-7-16-30-25)33(22)24-12-6-14-28-24/h1-17,20,28H,18H2. The number of anilines is 2. The van der Waals surface area contributed by atoms with Crippen LogP contribution >= 0.6 is 0 Å². The highest BCUT2D eigenvalue weighted by Crippen LogP contribution is 2.55. The third kappa shape index (κ3) is 3.01. The van der Waals surface area contributed by atoms with Crippen molar-refractivity contribution >= 4 is 11.5 Å². The molecule has 2 unspecified atom stereocenters. The fourth-order valence-corrected chi connectivity index (χ4v) is 4.96. The van der Waals surface area contributed by atoms with Crippen LogP contribution < -0.4 is 4.90 Å². The summed E-state index contributed by atoms with van der Waals surface area (Å²) in [7, 11) is 0. The first-order valence-corrected chi connectivity index (χ1v) is 10.9. The molecule has 0 aliphatic carbocycles. The average Bonchev–Trinajstić information content (AvgIpc) is 3.43. The number of hydrogen-bond donors (Lipinski definition) is 1. The van der Waals surface area contributed by atoms with Gasteiger partial charge in [-0.3, -0.25) is 4.98 Å². The fraction of sp³-hybridized carbons (Fsp3) is 0.115. The maximum atomic E-state index is 4.88. The van der Waals surface area contributed by atoms with Crippen molar-refractivity contribution in [3.63, 3.8) is 0 Å². The van der Waals surface area contributed by atoms with Gasteiger partial charge in [-0.1, -0.05) is 24.3 Å². The molecular weight excluding hydrogens is 410 g/mol. The van der Waals surface area contributed by atoms with Crippen molar-refractivity contribution in [1.29, 1.82) is 0 Å². The summed E-state index contributed by atoms with van der Waals surface area (Å²) in [4.78, 5) is 20.2. The smallest absolute Gasteiger partial charge is 0.161 e. The first-order chi connectivity index (χ1) is 16.4. The third-order valence-corrected chi connectivity index (χ3v) is 6.25. The molecule has 2 atom stereocenters. The Morgan fingerprint density at radius 3 is 2.39 bits per heavy atom. The quantitative estimate of drug-likeness (QED) is 0.454. The minimum atomic E-state index is -0.863. The number of nitrogens with zero attached hydrogens (tertiary/aromatic N) is 6. The molecule has 0 fully saturated rings. The van der Waals surface area contributed by atoms with Crippen LogP contribution in [0.2, 0.25) is 0 Å². The van der Waals surface area contributed by atoms with E-state index in [0.717, 1.165) is 29.3 Å². The zero-order valence-electron chi connectivity index (χ0n) is 17.8. The zero-order valence-corrected chi connectivity index (χ0v) is 17.8. The van der Waals surface area contributed by atoms with Crippen molar-refractivity contribution in [2.75, 3.05) is 4.90 Å². The molecule has 1 aliphatic heterocycles. The zero-order chi connectivity index (χ0) is 22.1. The van der Waals surface area contributed by atoms with Gasteiger partial charge in [0.2, 0.25) is 0 Å². The van der Waals surface area contributed by atoms with E-state index in [9.17, 15) is 0 Å². The summed E-state index contributed by atoms with van der Waals surface area (Å²) in [5.74, 6) is 1.43. The number of aromatic amines is 1. The lowest BCUT2D eigenvalue weighted by atomic mass is 9.69.